The largest absolute Gasteiger partial charge is 0.493 e. The number of methoxy groups -OCH3 is 1. The molecule has 1 aliphatic heterocycles. The van der Waals surface area contributed by atoms with Crippen LogP contribution in [-0.4, -0.2) is 49.7 Å². The van der Waals surface area contributed by atoms with E-state index in [2.05, 4.69) is 26.1 Å². The van der Waals surface area contributed by atoms with Crippen molar-refractivity contribution in [3.05, 3.63) is 22.7 Å². The molecule has 1 N–H and O–H groups in total. The van der Waals surface area contributed by atoms with E-state index in [1.807, 2.05) is 4.90 Å². The van der Waals surface area contributed by atoms with Crippen LogP contribution in [-0.2, 0) is 0 Å². The number of benzene rings is 1. The first-order valence-corrected chi connectivity index (χ1v) is 8.92. The smallest absolute Gasteiger partial charge is 0.254 e. The van der Waals surface area contributed by atoms with Crippen molar-refractivity contribution in [2.24, 2.45) is 0 Å². The third-order valence-electron chi connectivity index (χ3n) is 4.52. The van der Waals surface area contributed by atoms with Crippen LogP contribution in [0, 0.1) is 0 Å². The maximum Gasteiger partial charge on any atom is 0.254 e. The third kappa shape index (κ3) is 5.16. The minimum atomic E-state index is -0.0313. The molecule has 2 rings (SSSR count). The zero-order chi connectivity index (χ0) is 17.7. The minimum Gasteiger partial charge on any atom is -0.493 e. The second-order valence-electron chi connectivity index (χ2n) is 6.17. The SMILES string of the molecule is CCCCOc1c(Cl)cc(C(=O)N2CCNC(C)C2C)cc1OC.Cl. The van der Waals surface area contributed by atoms with Gasteiger partial charge in [-0.05, 0) is 32.4 Å². The Bertz CT molecular complexity index is 584. The molecule has 1 aromatic rings. The summed E-state index contributed by atoms with van der Waals surface area (Å²) in [6, 6.07) is 3.77. The van der Waals surface area contributed by atoms with E-state index in [4.69, 9.17) is 21.1 Å². The number of unbranched alkanes of at least 4 members (excludes halogenated alkanes) is 1. The highest BCUT2D eigenvalue weighted by Gasteiger charge is 2.29. The summed E-state index contributed by atoms with van der Waals surface area (Å²) in [7, 11) is 1.56. The van der Waals surface area contributed by atoms with Crippen LogP contribution in [0.15, 0.2) is 12.1 Å². The number of halogens is 2. The lowest BCUT2D eigenvalue weighted by molar-refractivity contribution is 0.0602. The molecule has 0 spiro atoms. The van der Waals surface area contributed by atoms with Gasteiger partial charge in [0.15, 0.2) is 11.5 Å². The second-order valence-corrected chi connectivity index (χ2v) is 6.58. The Kier molecular flexibility index (Phi) is 8.83. The molecule has 2 atom stereocenters. The average Bonchev–Trinajstić information content (AvgIpc) is 2.58. The van der Waals surface area contributed by atoms with Gasteiger partial charge >= 0.3 is 0 Å². The number of nitrogens with one attached hydrogen (secondary N) is 1. The highest BCUT2D eigenvalue weighted by atomic mass is 35.5. The zero-order valence-electron chi connectivity index (χ0n) is 15.3. The Hall–Kier alpha value is -1.17. The summed E-state index contributed by atoms with van der Waals surface area (Å²) in [5, 5.41) is 3.78. The predicted molar refractivity (Wildman–Crippen MR) is 104 cm³/mol. The molecule has 7 heteroatoms. The van der Waals surface area contributed by atoms with E-state index in [1.54, 1.807) is 19.2 Å². The van der Waals surface area contributed by atoms with Crippen LogP contribution in [0.25, 0.3) is 0 Å². The fourth-order valence-electron chi connectivity index (χ4n) is 2.81. The van der Waals surface area contributed by atoms with Crippen LogP contribution in [0.1, 0.15) is 44.0 Å². The molecular formula is C18H28Cl2N2O3. The molecule has 0 bridgehead atoms. The molecule has 1 saturated heterocycles. The first-order chi connectivity index (χ1) is 11.5. The summed E-state index contributed by atoms with van der Waals surface area (Å²) >= 11 is 6.35. The molecule has 1 aromatic carbocycles. The molecular weight excluding hydrogens is 363 g/mol. The van der Waals surface area contributed by atoms with Crippen molar-refractivity contribution < 1.29 is 14.3 Å². The van der Waals surface area contributed by atoms with Crippen LogP contribution in [0.4, 0.5) is 0 Å². The molecule has 142 valence electrons. The quantitative estimate of drug-likeness (QED) is 0.750. The number of hydrogen-bond donors (Lipinski definition) is 1. The van der Waals surface area contributed by atoms with E-state index in [1.165, 1.54) is 0 Å². The third-order valence-corrected chi connectivity index (χ3v) is 4.80. The van der Waals surface area contributed by atoms with Crippen molar-refractivity contribution in [2.45, 2.75) is 45.7 Å². The first kappa shape index (κ1) is 21.9. The Labute approximate surface area is 161 Å². The number of nitrogens with zero attached hydrogens (tertiary/aromatic N) is 1. The van der Waals surface area contributed by atoms with Crippen LogP contribution in [0.2, 0.25) is 5.02 Å². The van der Waals surface area contributed by atoms with Crippen molar-refractivity contribution in [1.29, 1.82) is 0 Å². The highest BCUT2D eigenvalue weighted by molar-refractivity contribution is 6.32. The topological polar surface area (TPSA) is 50.8 Å². The number of piperazine rings is 1. The fourth-order valence-corrected chi connectivity index (χ4v) is 3.08. The number of rotatable bonds is 6. The molecule has 1 amide bonds. The van der Waals surface area contributed by atoms with Crippen molar-refractivity contribution in [2.75, 3.05) is 26.8 Å². The number of carbonyl (C=O) groups excluding carboxylic acids is 1. The minimum absolute atomic E-state index is 0. The molecule has 1 heterocycles. The Balaban J connectivity index is 0.00000312. The van der Waals surface area contributed by atoms with Crippen molar-refractivity contribution >= 4 is 29.9 Å². The Morgan fingerprint density at radius 3 is 2.76 bits per heavy atom. The fraction of sp³-hybridized carbons (Fsp3) is 0.611. The van der Waals surface area contributed by atoms with Gasteiger partial charge in [-0.25, -0.2) is 0 Å². The van der Waals surface area contributed by atoms with Crippen molar-refractivity contribution in [3.63, 3.8) is 0 Å². The molecule has 0 saturated carbocycles. The first-order valence-electron chi connectivity index (χ1n) is 8.54. The van der Waals surface area contributed by atoms with Gasteiger partial charge in [-0.15, -0.1) is 12.4 Å². The summed E-state index contributed by atoms with van der Waals surface area (Å²) in [4.78, 5) is 14.8. The number of amides is 1. The summed E-state index contributed by atoms with van der Waals surface area (Å²) in [5.74, 6) is 0.972. The van der Waals surface area contributed by atoms with E-state index >= 15 is 0 Å². The molecule has 1 fully saturated rings. The lowest BCUT2D eigenvalue weighted by atomic mass is 10.0. The normalized spacial score (nSPS) is 20.0. The van der Waals surface area contributed by atoms with E-state index in [0.717, 1.165) is 19.4 Å². The van der Waals surface area contributed by atoms with Crippen LogP contribution >= 0.6 is 24.0 Å². The van der Waals surface area contributed by atoms with Crippen molar-refractivity contribution in [3.8, 4) is 11.5 Å². The predicted octanol–water partition coefficient (Wildman–Crippen LogP) is 3.77. The maximum absolute atomic E-state index is 12.9. The van der Waals surface area contributed by atoms with E-state index in [9.17, 15) is 4.79 Å². The maximum atomic E-state index is 12.9. The average molecular weight is 391 g/mol. The van der Waals surface area contributed by atoms with Gasteiger partial charge in [0.2, 0.25) is 0 Å². The molecule has 5 nitrogen and oxygen atoms in total. The van der Waals surface area contributed by atoms with Gasteiger partial charge < -0.3 is 19.7 Å². The Morgan fingerprint density at radius 1 is 1.40 bits per heavy atom. The van der Waals surface area contributed by atoms with Gasteiger partial charge in [-0.3, -0.25) is 4.79 Å². The molecule has 25 heavy (non-hydrogen) atoms. The molecule has 0 aliphatic carbocycles. The second kappa shape index (κ2) is 10.1. The van der Waals surface area contributed by atoms with Gasteiger partial charge in [0.25, 0.3) is 5.91 Å². The van der Waals surface area contributed by atoms with Gasteiger partial charge in [-0.2, -0.15) is 0 Å². The lowest BCUT2D eigenvalue weighted by Crippen LogP contribution is -2.57. The molecule has 0 radical (unpaired) electrons. The van der Waals surface area contributed by atoms with Crippen LogP contribution in [0.3, 0.4) is 0 Å². The monoisotopic (exact) mass is 390 g/mol. The summed E-state index contributed by atoms with van der Waals surface area (Å²) < 4.78 is 11.1. The van der Waals surface area contributed by atoms with E-state index in [0.29, 0.717) is 35.2 Å². The number of carbonyl (C=O) groups is 1. The molecule has 0 aromatic heterocycles. The Morgan fingerprint density at radius 2 is 2.12 bits per heavy atom. The number of hydrogen-bond acceptors (Lipinski definition) is 4. The van der Waals surface area contributed by atoms with E-state index < -0.39 is 0 Å². The van der Waals surface area contributed by atoms with Crippen LogP contribution in [0.5, 0.6) is 11.5 Å². The van der Waals surface area contributed by atoms with Gasteiger partial charge in [-0.1, -0.05) is 24.9 Å². The van der Waals surface area contributed by atoms with Gasteiger partial charge in [0.05, 0.1) is 18.7 Å². The highest BCUT2D eigenvalue weighted by Crippen LogP contribution is 2.37. The van der Waals surface area contributed by atoms with Crippen LogP contribution < -0.4 is 14.8 Å². The van der Waals surface area contributed by atoms with Gasteiger partial charge in [0, 0.05) is 30.7 Å². The summed E-state index contributed by atoms with van der Waals surface area (Å²) in [6.45, 7) is 8.28. The van der Waals surface area contributed by atoms with Gasteiger partial charge in [0.1, 0.15) is 0 Å². The van der Waals surface area contributed by atoms with E-state index in [-0.39, 0.29) is 30.4 Å². The van der Waals surface area contributed by atoms with Crippen molar-refractivity contribution in [1.82, 2.24) is 10.2 Å². The lowest BCUT2D eigenvalue weighted by Gasteiger charge is -2.38. The molecule has 1 aliphatic rings. The summed E-state index contributed by atoms with van der Waals surface area (Å²) in [6.07, 6.45) is 1.98. The standard InChI is InChI=1S/C18H27ClN2O3.ClH/c1-5-6-9-24-17-15(19)10-14(11-16(17)23-4)18(22)21-8-7-20-12(2)13(21)3;/h10-13,20H,5-9H2,1-4H3;1H. The number of ether oxygens (including phenoxy) is 2. The summed E-state index contributed by atoms with van der Waals surface area (Å²) in [5.41, 5.74) is 0.528. The zero-order valence-corrected chi connectivity index (χ0v) is 16.9. The molecule has 2 unspecified atom stereocenters.